The average Bonchev–Trinajstić information content (AvgIpc) is 2.77. The van der Waals surface area contributed by atoms with E-state index in [4.69, 9.17) is 4.42 Å². The van der Waals surface area contributed by atoms with Gasteiger partial charge in [0, 0.05) is 18.2 Å². The minimum atomic E-state index is -0.697. The van der Waals surface area contributed by atoms with Crippen molar-refractivity contribution in [2.75, 3.05) is 0 Å². The van der Waals surface area contributed by atoms with Gasteiger partial charge in [0.05, 0.1) is 18.7 Å². The zero-order valence-electron chi connectivity index (χ0n) is 7.51. The van der Waals surface area contributed by atoms with Gasteiger partial charge in [-0.25, -0.2) is 0 Å². The summed E-state index contributed by atoms with van der Waals surface area (Å²) >= 11 is 3.35. The second kappa shape index (κ2) is 3.59. The maximum atomic E-state index is 9.93. The number of aryl methyl sites for hydroxylation is 1. The lowest BCUT2D eigenvalue weighted by Crippen LogP contribution is -1.98. The van der Waals surface area contributed by atoms with E-state index in [9.17, 15) is 5.11 Å². The molecule has 1 unspecified atom stereocenters. The first-order valence-electron chi connectivity index (χ1n) is 4.07. The summed E-state index contributed by atoms with van der Waals surface area (Å²) in [6, 6.07) is 1.73. The first-order valence-corrected chi connectivity index (χ1v) is 4.87. The molecule has 0 spiro atoms. The van der Waals surface area contributed by atoms with Crippen molar-refractivity contribution in [2.45, 2.75) is 6.10 Å². The Hall–Kier alpha value is -1.07. The lowest BCUT2D eigenvalue weighted by Gasteiger charge is -2.05. The Labute approximate surface area is 89.3 Å². The number of halogens is 1. The Morgan fingerprint density at radius 1 is 1.64 bits per heavy atom. The molecule has 0 saturated carbocycles. The molecule has 0 amide bonds. The number of aliphatic hydroxyl groups excluding tert-OH is 1. The minimum absolute atomic E-state index is 0.697. The maximum Gasteiger partial charge on any atom is 0.111 e. The fraction of sp³-hybridized carbons (Fsp3) is 0.222. The fourth-order valence-electron chi connectivity index (χ4n) is 1.23. The lowest BCUT2D eigenvalue weighted by molar-refractivity contribution is 0.218. The van der Waals surface area contributed by atoms with Crippen molar-refractivity contribution in [3.63, 3.8) is 0 Å². The largest absolute Gasteiger partial charge is 0.472 e. The van der Waals surface area contributed by atoms with E-state index in [1.807, 2.05) is 0 Å². The van der Waals surface area contributed by atoms with E-state index in [0.29, 0.717) is 0 Å². The molecule has 2 aromatic rings. The molecular weight excluding hydrogens is 248 g/mol. The molecule has 4 nitrogen and oxygen atoms in total. The molecule has 1 N–H and O–H groups in total. The highest BCUT2D eigenvalue weighted by Crippen LogP contribution is 2.27. The predicted molar refractivity (Wildman–Crippen MR) is 53.7 cm³/mol. The number of aliphatic hydroxyl groups is 1. The van der Waals surface area contributed by atoms with E-state index in [1.54, 1.807) is 24.0 Å². The van der Waals surface area contributed by atoms with Crippen molar-refractivity contribution in [3.8, 4) is 0 Å². The normalized spacial score (nSPS) is 13.1. The van der Waals surface area contributed by atoms with Gasteiger partial charge in [-0.15, -0.1) is 0 Å². The first-order chi connectivity index (χ1) is 6.70. The second-order valence-corrected chi connectivity index (χ2v) is 3.72. The molecule has 74 valence electrons. The third-order valence-corrected chi connectivity index (χ3v) is 3.02. The minimum Gasteiger partial charge on any atom is -0.472 e. The van der Waals surface area contributed by atoms with Crippen LogP contribution < -0.4 is 0 Å². The van der Waals surface area contributed by atoms with E-state index >= 15 is 0 Å². The number of furan rings is 1. The third-order valence-electron chi connectivity index (χ3n) is 2.05. The van der Waals surface area contributed by atoms with Crippen LogP contribution >= 0.6 is 15.9 Å². The molecule has 0 aliphatic carbocycles. The summed E-state index contributed by atoms with van der Waals surface area (Å²) in [4.78, 5) is 0. The number of aromatic nitrogens is 2. The van der Waals surface area contributed by atoms with Crippen molar-refractivity contribution >= 4 is 15.9 Å². The monoisotopic (exact) mass is 256 g/mol. The van der Waals surface area contributed by atoms with Crippen LogP contribution in [0.1, 0.15) is 17.2 Å². The molecule has 0 aliphatic heterocycles. The molecule has 0 saturated heterocycles. The van der Waals surface area contributed by atoms with Gasteiger partial charge >= 0.3 is 0 Å². The van der Waals surface area contributed by atoms with Crippen LogP contribution in [0.25, 0.3) is 0 Å². The van der Waals surface area contributed by atoms with Crippen LogP contribution in [0, 0.1) is 0 Å². The van der Waals surface area contributed by atoms with Gasteiger partial charge in [0.1, 0.15) is 10.7 Å². The highest BCUT2D eigenvalue weighted by Gasteiger charge is 2.17. The highest BCUT2D eigenvalue weighted by molar-refractivity contribution is 9.10. The number of hydrogen-bond donors (Lipinski definition) is 1. The highest BCUT2D eigenvalue weighted by atomic mass is 79.9. The van der Waals surface area contributed by atoms with E-state index < -0.39 is 6.10 Å². The van der Waals surface area contributed by atoms with Crippen molar-refractivity contribution in [2.24, 2.45) is 7.05 Å². The molecule has 0 aliphatic rings. The van der Waals surface area contributed by atoms with Gasteiger partial charge in [0.15, 0.2) is 0 Å². The summed E-state index contributed by atoms with van der Waals surface area (Å²) in [6.07, 6.45) is 3.98. The average molecular weight is 257 g/mol. The van der Waals surface area contributed by atoms with Crippen molar-refractivity contribution in [1.82, 2.24) is 9.78 Å². The number of rotatable bonds is 2. The molecule has 1 atom stereocenters. The Morgan fingerprint density at radius 2 is 2.43 bits per heavy atom. The third kappa shape index (κ3) is 1.49. The lowest BCUT2D eigenvalue weighted by atomic mass is 10.1. The molecule has 5 heteroatoms. The van der Waals surface area contributed by atoms with Crippen LogP contribution in [-0.4, -0.2) is 14.9 Å². The SMILES string of the molecule is Cn1ncc(C(O)c2ccoc2)c1Br. The summed E-state index contributed by atoms with van der Waals surface area (Å²) in [5.41, 5.74) is 1.45. The molecule has 0 radical (unpaired) electrons. The first kappa shape index (κ1) is 9.48. The molecule has 2 rings (SSSR count). The van der Waals surface area contributed by atoms with Gasteiger partial charge in [-0.2, -0.15) is 5.10 Å². The van der Waals surface area contributed by atoms with Crippen LogP contribution in [0.2, 0.25) is 0 Å². The van der Waals surface area contributed by atoms with E-state index in [2.05, 4.69) is 21.0 Å². The maximum absolute atomic E-state index is 9.93. The number of nitrogens with zero attached hydrogens (tertiary/aromatic N) is 2. The zero-order valence-corrected chi connectivity index (χ0v) is 9.10. The van der Waals surface area contributed by atoms with Crippen LogP contribution in [0.4, 0.5) is 0 Å². The molecule has 0 fully saturated rings. The van der Waals surface area contributed by atoms with Crippen LogP contribution in [-0.2, 0) is 7.05 Å². The van der Waals surface area contributed by atoms with Gasteiger partial charge in [-0.05, 0) is 22.0 Å². The van der Waals surface area contributed by atoms with Crippen molar-refractivity contribution in [3.05, 3.63) is 40.5 Å². The smallest absolute Gasteiger partial charge is 0.111 e. The predicted octanol–water partition coefficient (Wildman–Crippen LogP) is 1.86. The molecule has 0 bridgehead atoms. The zero-order chi connectivity index (χ0) is 10.1. The molecular formula is C9H9BrN2O2. The van der Waals surface area contributed by atoms with E-state index in [-0.39, 0.29) is 0 Å². The van der Waals surface area contributed by atoms with Gasteiger partial charge in [-0.3, -0.25) is 4.68 Å². The molecule has 0 aromatic carbocycles. The van der Waals surface area contributed by atoms with Crippen LogP contribution in [0.3, 0.4) is 0 Å². The Morgan fingerprint density at radius 3 is 2.93 bits per heavy atom. The Bertz CT molecular complexity index is 422. The van der Waals surface area contributed by atoms with Crippen molar-refractivity contribution in [1.29, 1.82) is 0 Å². The summed E-state index contributed by atoms with van der Waals surface area (Å²) in [6.45, 7) is 0. The Kier molecular flexibility index (Phi) is 2.43. The summed E-state index contributed by atoms with van der Waals surface area (Å²) < 4.78 is 7.32. The quantitative estimate of drug-likeness (QED) is 0.893. The van der Waals surface area contributed by atoms with Crippen molar-refractivity contribution < 1.29 is 9.52 Å². The summed E-state index contributed by atoms with van der Waals surface area (Å²) in [5.74, 6) is 0. The van der Waals surface area contributed by atoms with E-state index in [1.165, 1.54) is 12.5 Å². The Balaban J connectivity index is 2.36. The van der Waals surface area contributed by atoms with Gasteiger partial charge in [0.25, 0.3) is 0 Å². The van der Waals surface area contributed by atoms with Gasteiger partial charge in [-0.1, -0.05) is 0 Å². The molecule has 14 heavy (non-hydrogen) atoms. The second-order valence-electron chi connectivity index (χ2n) is 2.97. The van der Waals surface area contributed by atoms with Crippen LogP contribution in [0.15, 0.2) is 33.8 Å². The molecule has 2 aromatic heterocycles. The number of hydrogen-bond acceptors (Lipinski definition) is 3. The summed E-state index contributed by atoms with van der Waals surface area (Å²) in [5, 5.41) is 14.0. The summed E-state index contributed by atoms with van der Waals surface area (Å²) in [7, 11) is 1.80. The fourth-order valence-corrected chi connectivity index (χ4v) is 1.64. The standard InChI is InChI=1S/C9H9BrN2O2/c1-12-9(10)7(4-11-12)8(13)6-2-3-14-5-6/h2-5,8,13H,1H3. The van der Waals surface area contributed by atoms with Crippen LogP contribution in [0.5, 0.6) is 0 Å². The topological polar surface area (TPSA) is 51.2 Å². The molecule has 2 heterocycles. The van der Waals surface area contributed by atoms with Gasteiger partial charge < -0.3 is 9.52 Å². The van der Waals surface area contributed by atoms with Gasteiger partial charge in [0.2, 0.25) is 0 Å². The van der Waals surface area contributed by atoms with E-state index in [0.717, 1.165) is 15.7 Å².